The summed E-state index contributed by atoms with van der Waals surface area (Å²) in [6.45, 7) is 0. The van der Waals surface area contributed by atoms with E-state index in [0.717, 1.165) is 12.1 Å². The second-order valence-electron chi connectivity index (χ2n) is 2.92. The minimum atomic E-state index is -1.25. The molecule has 0 spiro atoms. The Bertz CT molecular complexity index is 534. The van der Waals surface area contributed by atoms with Gasteiger partial charge in [0.15, 0.2) is 0 Å². The van der Waals surface area contributed by atoms with E-state index in [-0.39, 0.29) is 0 Å². The van der Waals surface area contributed by atoms with E-state index in [0.29, 0.717) is 0 Å². The molecule has 0 bridgehead atoms. The Balaban J connectivity index is 3.82. The molecule has 0 N–H and O–H groups in total. The van der Waals surface area contributed by atoms with Gasteiger partial charge in [0, 0.05) is 0 Å². The fraction of sp³-hybridized carbons (Fsp3) is 0. The van der Waals surface area contributed by atoms with E-state index < -0.39 is 42.8 Å². The van der Waals surface area contributed by atoms with E-state index in [9.17, 15) is 29.8 Å². The fourth-order valence-electron chi connectivity index (χ4n) is 1.27. The van der Waals surface area contributed by atoms with Crippen LogP contribution in [-0.2, 0) is 0 Å². The number of carbonyl (C=O) groups excluding carboxylic acids is 2. The number of rotatable bonds is 4. The maximum Gasteiger partial charge on any atom is 0.358 e. The highest BCUT2D eigenvalue weighted by molar-refractivity contribution is 6.69. The second kappa shape index (κ2) is 5.07. The van der Waals surface area contributed by atoms with Gasteiger partial charge in [-0.2, -0.15) is 0 Å². The van der Waals surface area contributed by atoms with Gasteiger partial charge in [-0.3, -0.25) is 29.8 Å². The van der Waals surface area contributed by atoms with E-state index >= 15 is 0 Å². The number of benzene rings is 1. The summed E-state index contributed by atoms with van der Waals surface area (Å²) in [4.78, 5) is 41.1. The highest BCUT2D eigenvalue weighted by atomic mass is 35.5. The molecule has 8 nitrogen and oxygen atoms in total. The number of nitro benzene ring substituents is 2. The van der Waals surface area contributed by atoms with Crippen LogP contribution >= 0.6 is 23.2 Å². The van der Waals surface area contributed by atoms with E-state index in [2.05, 4.69) is 0 Å². The lowest BCUT2D eigenvalue weighted by molar-refractivity contribution is -0.422. The molecule has 0 saturated carbocycles. The number of halogens is 2. The third-order valence-electron chi connectivity index (χ3n) is 1.94. The van der Waals surface area contributed by atoms with Crippen molar-refractivity contribution in [2.24, 2.45) is 0 Å². The molecule has 0 aromatic heterocycles. The minimum absolute atomic E-state index is 0.685. The largest absolute Gasteiger partial charge is 0.358 e. The molecular weight excluding hydrogens is 291 g/mol. The van der Waals surface area contributed by atoms with Gasteiger partial charge in [0.1, 0.15) is 11.1 Å². The van der Waals surface area contributed by atoms with Crippen LogP contribution in [0.5, 0.6) is 0 Å². The van der Waals surface area contributed by atoms with Crippen LogP contribution in [0.25, 0.3) is 0 Å². The SMILES string of the molecule is O=C(Cl)c1ccc(C(=O)Cl)c([N+](=O)[O-])c1[N+](=O)[O-]. The molecule has 0 heterocycles. The monoisotopic (exact) mass is 292 g/mol. The quantitative estimate of drug-likeness (QED) is 0.477. The number of hydrogen-bond donors (Lipinski definition) is 0. The zero-order valence-electron chi connectivity index (χ0n) is 8.25. The molecule has 0 radical (unpaired) electrons. The highest BCUT2D eigenvalue weighted by Gasteiger charge is 2.36. The Morgan fingerprint density at radius 1 is 0.889 bits per heavy atom. The van der Waals surface area contributed by atoms with E-state index in [1.807, 2.05) is 0 Å². The zero-order valence-corrected chi connectivity index (χ0v) is 9.77. The zero-order chi connectivity index (χ0) is 14.0. The van der Waals surface area contributed by atoms with Crippen LogP contribution < -0.4 is 0 Å². The molecule has 0 aliphatic rings. The van der Waals surface area contributed by atoms with Gasteiger partial charge in [-0.1, -0.05) is 0 Å². The van der Waals surface area contributed by atoms with Gasteiger partial charge < -0.3 is 0 Å². The van der Waals surface area contributed by atoms with Crippen LogP contribution in [0.1, 0.15) is 20.7 Å². The van der Waals surface area contributed by atoms with Gasteiger partial charge in [-0.05, 0) is 35.3 Å². The van der Waals surface area contributed by atoms with Gasteiger partial charge >= 0.3 is 11.4 Å². The van der Waals surface area contributed by atoms with Crippen LogP contribution in [0.3, 0.4) is 0 Å². The standard InChI is InChI=1S/C8H2Cl2N2O6/c9-7(13)3-1-2-4(8(10)14)6(12(17)18)5(3)11(15)16/h1-2H. The Kier molecular flexibility index (Phi) is 3.94. The van der Waals surface area contributed by atoms with Crippen molar-refractivity contribution >= 4 is 45.1 Å². The molecule has 1 aromatic rings. The Hall–Kier alpha value is -2.06. The summed E-state index contributed by atoms with van der Waals surface area (Å²) >= 11 is 10.2. The predicted molar refractivity (Wildman–Crippen MR) is 60.1 cm³/mol. The first-order valence-corrected chi connectivity index (χ1v) is 4.88. The molecule has 0 saturated heterocycles. The Labute approximate surface area is 108 Å². The normalized spacial score (nSPS) is 9.89. The smallest absolute Gasteiger partial charge is 0.275 e. The van der Waals surface area contributed by atoms with Gasteiger partial charge in [0.2, 0.25) is 0 Å². The van der Waals surface area contributed by atoms with Crippen molar-refractivity contribution < 1.29 is 19.4 Å². The molecule has 0 fully saturated rings. The summed E-state index contributed by atoms with van der Waals surface area (Å²) < 4.78 is 0. The molecule has 1 aromatic carbocycles. The lowest BCUT2D eigenvalue weighted by atomic mass is 10.1. The summed E-state index contributed by atoms with van der Waals surface area (Å²) in [6.07, 6.45) is 0. The average molecular weight is 293 g/mol. The van der Waals surface area contributed by atoms with Gasteiger partial charge in [-0.15, -0.1) is 0 Å². The number of hydrogen-bond acceptors (Lipinski definition) is 6. The lowest BCUT2D eigenvalue weighted by Gasteiger charge is -2.02. The lowest BCUT2D eigenvalue weighted by Crippen LogP contribution is -2.07. The molecule has 94 valence electrons. The molecular formula is C8H2Cl2N2O6. The Morgan fingerprint density at radius 2 is 1.17 bits per heavy atom. The maximum atomic E-state index is 10.9. The molecule has 1 rings (SSSR count). The van der Waals surface area contributed by atoms with Crippen LogP contribution in [0.15, 0.2) is 12.1 Å². The molecule has 0 unspecified atom stereocenters. The highest BCUT2D eigenvalue weighted by Crippen LogP contribution is 2.35. The minimum Gasteiger partial charge on any atom is -0.275 e. The topological polar surface area (TPSA) is 120 Å². The van der Waals surface area contributed by atoms with Crippen molar-refractivity contribution in [2.45, 2.75) is 0 Å². The first-order chi connectivity index (χ1) is 8.27. The van der Waals surface area contributed by atoms with Crippen molar-refractivity contribution in [3.8, 4) is 0 Å². The molecule has 10 heteroatoms. The Morgan fingerprint density at radius 3 is 1.33 bits per heavy atom. The van der Waals surface area contributed by atoms with Crippen LogP contribution in [0.2, 0.25) is 0 Å². The van der Waals surface area contributed by atoms with Crippen LogP contribution in [-0.4, -0.2) is 20.3 Å². The van der Waals surface area contributed by atoms with E-state index in [1.165, 1.54) is 0 Å². The second-order valence-corrected chi connectivity index (χ2v) is 3.61. The van der Waals surface area contributed by atoms with E-state index in [4.69, 9.17) is 23.2 Å². The fourth-order valence-corrected chi connectivity index (χ4v) is 1.57. The molecule has 18 heavy (non-hydrogen) atoms. The third-order valence-corrected chi connectivity index (χ3v) is 2.35. The first kappa shape index (κ1) is 14.0. The van der Waals surface area contributed by atoms with Gasteiger partial charge in [0.25, 0.3) is 10.5 Å². The predicted octanol–water partition coefficient (Wildman–Crippen LogP) is 2.26. The first-order valence-electron chi connectivity index (χ1n) is 4.12. The molecule has 0 aliphatic carbocycles. The molecule has 0 aliphatic heterocycles. The van der Waals surface area contributed by atoms with Crippen LogP contribution in [0, 0.1) is 20.2 Å². The van der Waals surface area contributed by atoms with Crippen molar-refractivity contribution in [1.29, 1.82) is 0 Å². The van der Waals surface area contributed by atoms with Crippen molar-refractivity contribution in [3.05, 3.63) is 43.5 Å². The summed E-state index contributed by atoms with van der Waals surface area (Å²) in [5.74, 6) is 0. The summed E-state index contributed by atoms with van der Waals surface area (Å²) in [5.41, 5.74) is -3.69. The average Bonchev–Trinajstić information content (AvgIpc) is 2.26. The maximum absolute atomic E-state index is 10.9. The summed E-state index contributed by atoms with van der Waals surface area (Å²) in [5, 5.41) is 19.0. The summed E-state index contributed by atoms with van der Waals surface area (Å²) in [6, 6.07) is 1.66. The van der Waals surface area contributed by atoms with Crippen molar-refractivity contribution in [1.82, 2.24) is 0 Å². The summed E-state index contributed by atoms with van der Waals surface area (Å²) in [7, 11) is 0. The van der Waals surface area contributed by atoms with Crippen molar-refractivity contribution in [2.75, 3.05) is 0 Å². The van der Waals surface area contributed by atoms with Gasteiger partial charge in [0.05, 0.1) is 9.85 Å². The molecule has 0 atom stereocenters. The molecule has 0 amide bonds. The number of carbonyl (C=O) groups is 2. The number of nitro groups is 2. The van der Waals surface area contributed by atoms with Crippen molar-refractivity contribution in [3.63, 3.8) is 0 Å². The third kappa shape index (κ3) is 2.44. The van der Waals surface area contributed by atoms with Crippen LogP contribution in [0.4, 0.5) is 11.4 Å². The number of nitrogens with zero attached hydrogens (tertiary/aromatic N) is 2. The van der Waals surface area contributed by atoms with E-state index in [1.54, 1.807) is 0 Å². The van der Waals surface area contributed by atoms with Gasteiger partial charge in [-0.25, -0.2) is 0 Å².